The molecule has 0 N–H and O–H groups in total. The summed E-state index contributed by atoms with van der Waals surface area (Å²) in [6.07, 6.45) is 5.26. The van der Waals surface area contributed by atoms with Crippen LogP contribution in [0.2, 0.25) is 83.7 Å². The van der Waals surface area contributed by atoms with Gasteiger partial charge in [-0.3, -0.25) is 0 Å². The third-order valence-electron chi connectivity index (χ3n) is 3.84. The number of hydrogen-bond acceptors (Lipinski definition) is 0. The van der Waals surface area contributed by atoms with Crippen molar-refractivity contribution in [1.29, 1.82) is 0 Å². The van der Waals surface area contributed by atoms with Gasteiger partial charge in [0, 0.05) is 16.1 Å². The Balaban J connectivity index is 5.86. The zero-order valence-corrected chi connectivity index (χ0v) is 20.8. The fraction of sp³-hybridized carbons (Fsp3) is 0.765. The average Bonchev–Trinajstić information content (AvgIpc) is 2.08. The maximum Gasteiger partial charge on any atom is 0.0771 e. The van der Waals surface area contributed by atoms with E-state index in [-0.39, 0.29) is 0 Å². The van der Waals surface area contributed by atoms with Crippen molar-refractivity contribution in [2.45, 2.75) is 83.7 Å². The van der Waals surface area contributed by atoms with E-state index in [9.17, 15) is 0 Å². The standard InChI is InChI=1S/C17H40Si4/c1-18(2,3)14-13-16(19(4,5)6)15-17(20(7,8)9)21(10,11)12/h13-15,17H,1-12H3. The maximum atomic E-state index is 2.74. The van der Waals surface area contributed by atoms with E-state index in [2.05, 4.69) is 96.4 Å². The minimum absolute atomic E-state index is 0.873. The fourth-order valence-corrected chi connectivity index (χ4v) is 17.1. The molecule has 21 heavy (non-hydrogen) atoms. The van der Waals surface area contributed by atoms with E-state index in [0.29, 0.717) is 0 Å². The summed E-state index contributed by atoms with van der Waals surface area (Å²) in [5, 5.41) is 2.57. The van der Waals surface area contributed by atoms with E-state index in [1.54, 1.807) is 5.20 Å². The zero-order valence-electron chi connectivity index (χ0n) is 16.8. The van der Waals surface area contributed by atoms with E-state index < -0.39 is 32.3 Å². The maximum absolute atomic E-state index is 2.74. The molecule has 0 aliphatic heterocycles. The van der Waals surface area contributed by atoms with Crippen LogP contribution in [0.5, 0.6) is 0 Å². The average molecular weight is 357 g/mol. The molecule has 0 aromatic heterocycles. The Bertz CT molecular complexity index is 378. The Morgan fingerprint density at radius 3 is 1.29 bits per heavy atom. The van der Waals surface area contributed by atoms with E-state index in [1.807, 2.05) is 0 Å². The van der Waals surface area contributed by atoms with Crippen LogP contribution in [0.4, 0.5) is 0 Å². The third kappa shape index (κ3) is 8.52. The lowest BCUT2D eigenvalue weighted by molar-refractivity contribution is 1.29. The van der Waals surface area contributed by atoms with Crippen molar-refractivity contribution in [3.63, 3.8) is 0 Å². The van der Waals surface area contributed by atoms with Crippen molar-refractivity contribution >= 4 is 32.3 Å². The van der Waals surface area contributed by atoms with Gasteiger partial charge in [-0.1, -0.05) is 102 Å². The molecule has 0 nitrogen and oxygen atoms in total. The molecular weight excluding hydrogens is 317 g/mol. The molecule has 0 aromatic carbocycles. The molecule has 0 saturated heterocycles. The van der Waals surface area contributed by atoms with Crippen molar-refractivity contribution in [3.05, 3.63) is 23.0 Å². The molecule has 0 amide bonds. The van der Waals surface area contributed by atoms with E-state index in [0.717, 1.165) is 5.16 Å². The molecule has 0 aromatic rings. The molecule has 0 heterocycles. The summed E-state index contributed by atoms with van der Waals surface area (Å²) in [7, 11) is -4.69. The van der Waals surface area contributed by atoms with Crippen LogP contribution < -0.4 is 0 Å². The first-order chi connectivity index (χ1) is 8.94. The highest BCUT2D eigenvalue weighted by molar-refractivity contribution is 6.97. The number of rotatable bonds is 6. The summed E-state index contributed by atoms with van der Waals surface area (Å²) in [5.41, 5.74) is 2.54. The van der Waals surface area contributed by atoms with Gasteiger partial charge in [0.25, 0.3) is 0 Å². The van der Waals surface area contributed by atoms with Crippen LogP contribution >= 0.6 is 0 Å². The molecule has 0 bridgehead atoms. The van der Waals surface area contributed by atoms with Gasteiger partial charge in [0.1, 0.15) is 0 Å². The van der Waals surface area contributed by atoms with Gasteiger partial charge in [0.2, 0.25) is 0 Å². The van der Waals surface area contributed by atoms with Crippen LogP contribution in [0.1, 0.15) is 0 Å². The van der Waals surface area contributed by atoms with Gasteiger partial charge in [-0.2, -0.15) is 0 Å². The van der Waals surface area contributed by atoms with Gasteiger partial charge in [0.15, 0.2) is 0 Å². The van der Waals surface area contributed by atoms with Crippen LogP contribution in [0, 0.1) is 0 Å². The van der Waals surface area contributed by atoms with Gasteiger partial charge in [0.05, 0.1) is 16.1 Å². The monoisotopic (exact) mass is 356 g/mol. The SMILES string of the molecule is C[Si](C)(C)C=CC(=CC([Si](C)(C)C)[Si](C)(C)C)[Si](C)(C)C. The molecule has 124 valence electrons. The van der Waals surface area contributed by atoms with Gasteiger partial charge in [-0.05, 0) is 5.16 Å². The largest absolute Gasteiger partial charge is 0.0951 e. The molecule has 0 saturated carbocycles. The van der Waals surface area contributed by atoms with Gasteiger partial charge < -0.3 is 0 Å². The summed E-state index contributed by atoms with van der Waals surface area (Å²) >= 11 is 0. The van der Waals surface area contributed by atoms with Crippen molar-refractivity contribution in [2.75, 3.05) is 0 Å². The Morgan fingerprint density at radius 2 is 1.05 bits per heavy atom. The molecule has 0 atom stereocenters. The molecule has 0 spiro atoms. The Hall–Kier alpha value is 0.348. The first kappa shape index (κ1) is 21.3. The Morgan fingerprint density at radius 1 is 0.667 bits per heavy atom. The highest BCUT2D eigenvalue weighted by Gasteiger charge is 2.36. The topological polar surface area (TPSA) is 0 Å². The van der Waals surface area contributed by atoms with E-state index >= 15 is 0 Å². The van der Waals surface area contributed by atoms with E-state index in [4.69, 9.17) is 0 Å². The molecule has 4 heteroatoms. The number of allylic oxidation sites excluding steroid dienone is 3. The normalized spacial score (nSPS) is 16.1. The highest BCUT2D eigenvalue weighted by atomic mass is 28.4. The predicted octanol–water partition coefficient (Wildman–Crippen LogP) is 6.81. The zero-order chi connectivity index (χ0) is 17.3. The Labute approximate surface area is 139 Å². The van der Waals surface area contributed by atoms with Crippen LogP contribution in [0.3, 0.4) is 0 Å². The molecule has 0 aliphatic rings. The minimum atomic E-state index is -1.27. The van der Waals surface area contributed by atoms with Crippen molar-refractivity contribution in [2.24, 2.45) is 0 Å². The van der Waals surface area contributed by atoms with E-state index in [1.165, 1.54) is 0 Å². The second-order valence-corrected chi connectivity index (χ2v) is 32.2. The highest BCUT2D eigenvalue weighted by Crippen LogP contribution is 2.36. The first-order valence-corrected chi connectivity index (χ1v) is 22.6. The van der Waals surface area contributed by atoms with Gasteiger partial charge >= 0.3 is 0 Å². The first-order valence-electron chi connectivity index (χ1n) is 8.36. The molecule has 0 radical (unpaired) electrons. The summed E-state index contributed by atoms with van der Waals surface area (Å²) in [5.74, 6) is 0. The lowest BCUT2D eigenvalue weighted by atomic mass is 10.5. The molecule has 0 unspecified atom stereocenters. The fourth-order valence-electron chi connectivity index (χ4n) is 2.87. The second kappa shape index (κ2) is 6.85. The van der Waals surface area contributed by atoms with Gasteiger partial charge in [-0.15, -0.1) is 0 Å². The molecule has 0 fully saturated rings. The second-order valence-electron chi connectivity index (χ2n) is 10.8. The summed E-state index contributed by atoms with van der Waals surface area (Å²) < 4.78 is 0. The van der Waals surface area contributed by atoms with Crippen molar-refractivity contribution in [1.82, 2.24) is 0 Å². The quantitative estimate of drug-likeness (QED) is 0.362. The minimum Gasteiger partial charge on any atom is -0.0951 e. The van der Waals surface area contributed by atoms with Crippen molar-refractivity contribution in [3.8, 4) is 0 Å². The van der Waals surface area contributed by atoms with Gasteiger partial charge in [-0.25, -0.2) is 0 Å². The van der Waals surface area contributed by atoms with Crippen molar-refractivity contribution < 1.29 is 0 Å². The smallest absolute Gasteiger partial charge is 0.0771 e. The Kier molecular flexibility index (Phi) is 6.96. The lowest BCUT2D eigenvalue weighted by Crippen LogP contribution is -2.43. The van der Waals surface area contributed by atoms with Crippen LogP contribution in [-0.2, 0) is 0 Å². The van der Waals surface area contributed by atoms with Crippen LogP contribution in [-0.4, -0.2) is 32.3 Å². The van der Waals surface area contributed by atoms with Crippen LogP contribution in [0.15, 0.2) is 23.0 Å². The predicted molar refractivity (Wildman–Crippen MR) is 114 cm³/mol. The number of hydrogen-bond donors (Lipinski definition) is 0. The van der Waals surface area contributed by atoms with Crippen LogP contribution in [0.25, 0.3) is 0 Å². The summed E-state index contributed by atoms with van der Waals surface area (Å²) in [6, 6.07) is 0. The third-order valence-corrected chi connectivity index (χ3v) is 16.3. The molecule has 0 rings (SSSR count). The molecular formula is C17H40Si4. The molecule has 0 aliphatic carbocycles. The summed E-state index contributed by atoms with van der Waals surface area (Å²) in [4.78, 5) is 0. The lowest BCUT2D eigenvalue weighted by Gasteiger charge is -2.38. The summed E-state index contributed by atoms with van der Waals surface area (Å²) in [6.45, 7) is 30.1.